The van der Waals surface area contributed by atoms with Crippen molar-refractivity contribution in [2.45, 2.75) is 63.0 Å². The number of benzene rings is 3. The minimum Gasteiger partial charge on any atom is -0.488 e. The van der Waals surface area contributed by atoms with Crippen LogP contribution in [0.15, 0.2) is 71.6 Å². The molecule has 0 bridgehead atoms. The van der Waals surface area contributed by atoms with E-state index in [0.29, 0.717) is 47.8 Å². The molecule has 264 valence electrons. The van der Waals surface area contributed by atoms with Gasteiger partial charge in [-0.15, -0.1) is 0 Å². The second-order valence-corrected chi connectivity index (χ2v) is 14.8. The van der Waals surface area contributed by atoms with Crippen molar-refractivity contribution in [2.24, 2.45) is 5.92 Å². The Bertz CT molecular complexity index is 1740. The average molecular weight is 714 g/mol. The fraction of sp³-hybridized carbons (Fsp3) is 0.400. The summed E-state index contributed by atoms with van der Waals surface area (Å²) in [5, 5.41) is 16.0. The first-order valence-electron chi connectivity index (χ1n) is 16.2. The molecule has 0 aliphatic carbocycles. The SMILES string of the molecule is C[C@H]1CN([C@@H](C)CO)C(=O)c2cc(NC(=O)CCCCCC(=O)Nc3ccccc3N)ccc2O[C@@H]1CN(C)S(=O)(=O)c1ccc(Cl)cc1. The average Bonchev–Trinajstić information content (AvgIpc) is 3.07. The minimum atomic E-state index is -3.87. The quantitative estimate of drug-likeness (QED) is 0.134. The Labute approximate surface area is 292 Å². The van der Waals surface area contributed by atoms with Crippen molar-refractivity contribution < 1.29 is 32.6 Å². The van der Waals surface area contributed by atoms with E-state index in [0.717, 1.165) is 0 Å². The van der Waals surface area contributed by atoms with E-state index in [2.05, 4.69) is 10.6 Å². The number of nitrogens with zero attached hydrogens (tertiary/aromatic N) is 2. The molecule has 0 saturated carbocycles. The van der Waals surface area contributed by atoms with Gasteiger partial charge in [-0.3, -0.25) is 14.4 Å². The van der Waals surface area contributed by atoms with Crippen LogP contribution in [0.4, 0.5) is 17.1 Å². The monoisotopic (exact) mass is 713 g/mol. The van der Waals surface area contributed by atoms with Crippen LogP contribution < -0.4 is 21.1 Å². The Balaban J connectivity index is 1.40. The second kappa shape index (κ2) is 17.0. The number of aliphatic hydroxyl groups is 1. The van der Waals surface area contributed by atoms with Crippen LogP contribution in [0, 0.1) is 5.92 Å². The number of carbonyl (C=O) groups is 3. The summed E-state index contributed by atoms with van der Waals surface area (Å²) in [6, 6.07) is 17.1. The number of anilines is 3. The molecule has 49 heavy (non-hydrogen) atoms. The summed E-state index contributed by atoms with van der Waals surface area (Å²) in [6.45, 7) is 3.51. The van der Waals surface area contributed by atoms with Crippen LogP contribution in [0.3, 0.4) is 0 Å². The van der Waals surface area contributed by atoms with E-state index in [4.69, 9.17) is 22.1 Å². The number of sulfonamides is 1. The summed E-state index contributed by atoms with van der Waals surface area (Å²) < 4.78 is 34.2. The summed E-state index contributed by atoms with van der Waals surface area (Å²) >= 11 is 5.95. The van der Waals surface area contributed by atoms with Gasteiger partial charge in [0.1, 0.15) is 11.9 Å². The molecule has 3 atom stereocenters. The van der Waals surface area contributed by atoms with Crippen molar-refractivity contribution in [3.8, 4) is 5.75 Å². The zero-order valence-electron chi connectivity index (χ0n) is 27.9. The first-order chi connectivity index (χ1) is 23.3. The molecule has 0 saturated heterocycles. The molecule has 5 N–H and O–H groups in total. The van der Waals surface area contributed by atoms with Gasteiger partial charge in [0.05, 0.1) is 41.0 Å². The number of likely N-dealkylation sites (N-methyl/N-ethyl adjacent to an activating group) is 1. The fourth-order valence-corrected chi connectivity index (χ4v) is 6.76. The Kier molecular flexibility index (Phi) is 13.0. The van der Waals surface area contributed by atoms with Gasteiger partial charge in [0.2, 0.25) is 21.8 Å². The van der Waals surface area contributed by atoms with Crippen molar-refractivity contribution in [3.05, 3.63) is 77.3 Å². The topological polar surface area (TPSA) is 171 Å². The summed E-state index contributed by atoms with van der Waals surface area (Å²) in [5.74, 6) is -0.846. The Morgan fingerprint density at radius 2 is 1.69 bits per heavy atom. The lowest BCUT2D eigenvalue weighted by Gasteiger charge is -2.38. The number of carbonyl (C=O) groups excluding carboxylic acids is 3. The molecular formula is C35H44ClN5O7S. The molecular weight excluding hydrogens is 670 g/mol. The lowest BCUT2D eigenvalue weighted by molar-refractivity contribution is -0.116. The van der Waals surface area contributed by atoms with Gasteiger partial charge in [0.15, 0.2) is 0 Å². The summed E-state index contributed by atoms with van der Waals surface area (Å²) in [4.78, 5) is 40.4. The predicted molar refractivity (Wildman–Crippen MR) is 190 cm³/mol. The van der Waals surface area contributed by atoms with Gasteiger partial charge in [-0.25, -0.2) is 8.42 Å². The molecule has 4 rings (SSSR count). The smallest absolute Gasteiger partial charge is 0.258 e. The zero-order valence-corrected chi connectivity index (χ0v) is 29.5. The van der Waals surface area contributed by atoms with E-state index < -0.39 is 22.2 Å². The lowest BCUT2D eigenvalue weighted by atomic mass is 9.99. The number of halogens is 1. The van der Waals surface area contributed by atoms with Crippen molar-refractivity contribution >= 4 is 56.4 Å². The first kappa shape index (κ1) is 37.6. The van der Waals surface area contributed by atoms with Crippen LogP contribution in [-0.2, 0) is 19.6 Å². The third-order valence-electron chi connectivity index (χ3n) is 8.45. The Hall–Kier alpha value is -4.17. The molecule has 3 amide bonds. The third-order valence-corrected chi connectivity index (χ3v) is 10.5. The van der Waals surface area contributed by atoms with Crippen LogP contribution in [0.1, 0.15) is 56.3 Å². The van der Waals surface area contributed by atoms with Gasteiger partial charge in [-0.05, 0) is 74.4 Å². The highest BCUT2D eigenvalue weighted by atomic mass is 35.5. The number of aliphatic hydroxyl groups excluding tert-OH is 1. The zero-order chi connectivity index (χ0) is 35.7. The largest absolute Gasteiger partial charge is 0.488 e. The van der Waals surface area contributed by atoms with E-state index >= 15 is 0 Å². The summed E-state index contributed by atoms with van der Waals surface area (Å²) in [5.41, 5.74) is 7.51. The van der Waals surface area contributed by atoms with Crippen LogP contribution in [-0.4, -0.2) is 79.3 Å². The number of hydrogen-bond acceptors (Lipinski definition) is 8. The molecule has 0 unspecified atom stereocenters. The van der Waals surface area contributed by atoms with Crippen LogP contribution in [0.5, 0.6) is 5.75 Å². The standard InChI is InChI=1S/C35H44ClN5O7S/c1-23-20-41(24(2)22-42)35(45)28-19-26(38-33(43)11-5-4-6-12-34(44)39-30-10-8-7-9-29(30)37)15-18-31(28)48-32(23)21-40(3)49(46,47)27-16-13-25(36)14-17-27/h7-10,13-19,23-24,32,42H,4-6,11-12,20-22,37H2,1-3H3,(H,38,43)(H,39,44)/t23-,24-,32+/m0/s1. The van der Waals surface area contributed by atoms with Gasteiger partial charge in [-0.1, -0.05) is 37.1 Å². The van der Waals surface area contributed by atoms with E-state index in [1.165, 1.54) is 41.7 Å². The summed E-state index contributed by atoms with van der Waals surface area (Å²) in [6.07, 6.45) is 1.69. The fourth-order valence-electron chi connectivity index (χ4n) is 5.45. The number of hydrogen-bond donors (Lipinski definition) is 4. The molecule has 12 nitrogen and oxygen atoms in total. The van der Waals surface area contributed by atoms with Gasteiger partial charge >= 0.3 is 0 Å². The number of para-hydroxylation sites is 2. The van der Waals surface area contributed by atoms with Crippen molar-refractivity contribution in [1.29, 1.82) is 0 Å². The molecule has 0 radical (unpaired) electrons. The molecule has 3 aromatic rings. The molecule has 14 heteroatoms. The highest BCUT2D eigenvalue weighted by molar-refractivity contribution is 7.89. The molecule has 0 fully saturated rings. The molecule has 1 aliphatic rings. The predicted octanol–water partition coefficient (Wildman–Crippen LogP) is 4.99. The maximum absolute atomic E-state index is 13.8. The van der Waals surface area contributed by atoms with E-state index in [1.807, 2.05) is 6.92 Å². The number of ether oxygens (including phenoxy) is 1. The van der Waals surface area contributed by atoms with Crippen molar-refractivity contribution in [1.82, 2.24) is 9.21 Å². The van der Waals surface area contributed by atoms with E-state index in [9.17, 15) is 27.9 Å². The Morgan fingerprint density at radius 3 is 2.35 bits per heavy atom. The molecule has 1 aliphatic heterocycles. The molecule has 1 heterocycles. The maximum atomic E-state index is 13.8. The Morgan fingerprint density at radius 1 is 1.04 bits per heavy atom. The minimum absolute atomic E-state index is 0.0123. The number of rotatable bonds is 14. The van der Waals surface area contributed by atoms with Gasteiger partial charge in [0, 0.05) is 43.1 Å². The summed E-state index contributed by atoms with van der Waals surface area (Å²) in [7, 11) is -2.41. The lowest BCUT2D eigenvalue weighted by Crippen LogP contribution is -2.50. The van der Waals surface area contributed by atoms with Crippen molar-refractivity contribution in [3.63, 3.8) is 0 Å². The molecule has 3 aromatic carbocycles. The van der Waals surface area contributed by atoms with Crippen LogP contribution in [0.2, 0.25) is 5.02 Å². The number of unbranched alkanes of at least 4 members (excludes halogenated alkanes) is 2. The first-order valence-corrected chi connectivity index (χ1v) is 18.0. The normalized spacial score (nSPS) is 17.0. The van der Waals surface area contributed by atoms with Crippen LogP contribution >= 0.6 is 11.6 Å². The van der Waals surface area contributed by atoms with Gasteiger partial charge in [-0.2, -0.15) is 4.31 Å². The van der Waals surface area contributed by atoms with Crippen LogP contribution in [0.25, 0.3) is 0 Å². The number of nitrogens with two attached hydrogens (primary N) is 1. The third kappa shape index (κ3) is 9.94. The molecule has 0 spiro atoms. The van der Waals surface area contributed by atoms with Crippen molar-refractivity contribution in [2.75, 3.05) is 43.1 Å². The number of amides is 3. The second-order valence-electron chi connectivity index (χ2n) is 12.3. The number of nitrogens with one attached hydrogen (secondary N) is 2. The number of fused-ring (bicyclic) bond motifs is 1. The van der Waals surface area contributed by atoms with E-state index in [-0.39, 0.29) is 66.0 Å². The van der Waals surface area contributed by atoms with Gasteiger partial charge < -0.3 is 31.1 Å². The van der Waals surface area contributed by atoms with Gasteiger partial charge in [0.25, 0.3) is 5.91 Å². The highest BCUT2D eigenvalue weighted by Gasteiger charge is 2.35. The highest BCUT2D eigenvalue weighted by Crippen LogP contribution is 2.31. The number of nitrogen functional groups attached to an aromatic ring is 1. The maximum Gasteiger partial charge on any atom is 0.258 e. The molecule has 0 aromatic heterocycles. The van der Waals surface area contributed by atoms with E-state index in [1.54, 1.807) is 48.2 Å².